The van der Waals surface area contributed by atoms with Crippen LogP contribution >= 0.6 is 11.6 Å². The Morgan fingerprint density at radius 3 is 2.89 bits per heavy atom. The predicted molar refractivity (Wildman–Crippen MR) is 79.6 cm³/mol. The first-order valence-electron chi connectivity index (χ1n) is 6.62. The molecule has 0 bridgehead atoms. The SMILES string of the molecule is CCCn1cc(C(NC)c2cccc(Cl)c2C)cn1. The molecule has 1 unspecified atom stereocenters. The molecule has 4 heteroatoms. The molecular formula is C15H20ClN3. The molecule has 0 aliphatic rings. The minimum atomic E-state index is 0.129. The highest BCUT2D eigenvalue weighted by Gasteiger charge is 2.17. The fraction of sp³-hybridized carbons (Fsp3) is 0.400. The summed E-state index contributed by atoms with van der Waals surface area (Å²) in [7, 11) is 1.96. The fourth-order valence-electron chi connectivity index (χ4n) is 2.32. The minimum Gasteiger partial charge on any atom is -0.309 e. The Balaban J connectivity index is 2.35. The maximum absolute atomic E-state index is 6.21. The third-order valence-electron chi connectivity index (χ3n) is 3.35. The molecule has 0 aliphatic carbocycles. The van der Waals surface area contributed by atoms with Crippen LogP contribution in [0, 0.1) is 6.92 Å². The van der Waals surface area contributed by atoms with Gasteiger partial charge in [0.05, 0.1) is 12.2 Å². The maximum atomic E-state index is 6.21. The zero-order chi connectivity index (χ0) is 13.8. The number of hydrogen-bond acceptors (Lipinski definition) is 2. The lowest BCUT2D eigenvalue weighted by molar-refractivity contribution is 0.600. The molecule has 2 rings (SSSR count). The zero-order valence-corrected chi connectivity index (χ0v) is 12.4. The van der Waals surface area contributed by atoms with Gasteiger partial charge in [0.1, 0.15) is 0 Å². The Hall–Kier alpha value is -1.32. The Morgan fingerprint density at radius 2 is 2.21 bits per heavy atom. The van der Waals surface area contributed by atoms with Crippen molar-refractivity contribution in [1.29, 1.82) is 0 Å². The first kappa shape index (κ1) is 14.1. The summed E-state index contributed by atoms with van der Waals surface area (Å²) >= 11 is 6.21. The van der Waals surface area contributed by atoms with Crippen LogP contribution in [0.15, 0.2) is 30.6 Å². The van der Waals surface area contributed by atoms with E-state index in [1.165, 1.54) is 11.1 Å². The summed E-state index contributed by atoms with van der Waals surface area (Å²) in [4.78, 5) is 0. The van der Waals surface area contributed by atoms with Gasteiger partial charge in [0.25, 0.3) is 0 Å². The van der Waals surface area contributed by atoms with Crippen LogP contribution in [-0.2, 0) is 6.54 Å². The summed E-state index contributed by atoms with van der Waals surface area (Å²) in [5.74, 6) is 0. The average molecular weight is 278 g/mol. The van der Waals surface area contributed by atoms with Gasteiger partial charge in [-0.15, -0.1) is 0 Å². The van der Waals surface area contributed by atoms with Crippen LogP contribution < -0.4 is 5.32 Å². The summed E-state index contributed by atoms with van der Waals surface area (Å²) in [6, 6.07) is 6.16. The molecule has 1 aromatic heterocycles. The number of nitrogens with one attached hydrogen (secondary N) is 1. The van der Waals surface area contributed by atoms with E-state index in [1.807, 2.05) is 30.1 Å². The second kappa shape index (κ2) is 6.22. The topological polar surface area (TPSA) is 29.9 Å². The molecule has 2 aromatic rings. The minimum absolute atomic E-state index is 0.129. The van der Waals surface area contributed by atoms with Gasteiger partial charge in [0.2, 0.25) is 0 Å². The first-order chi connectivity index (χ1) is 9.17. The largest absolute Gasteiger partial charge is 0.309 e. The van der Waals surface area contributed by atoms with Gasteiger partial charge in [-0.25, -0.2) is 0 Å². The lowest BCUT2D eigenvalue weighted by Gasteiger charge is -2.18. The number of halogens is 1. The van der Waals surface area contributed by atoms with Crippen molar-refractivity contribution in [3.8, 4) is 0 Å². The van der Waals surface area contributed by atoms with Crippen LogP contribution in [0.2, 0.25) is 5.02 Å². The molecule has 1 atom stereocenters. The van der Waals surface area contributed by atoms with Crippen LogP contribution in [0.5, 0.6) is 0 Å². The van der Waals surface area contributed by atoms with Crippen LogP contribution in [-0.4, -0.2) is 16.8 Å². The molecule has 0 amide bonds. The maximum Gasteiger partial charge on any atom is 0.0608 e. The number of hydrogen-bond donors (Lipinski definition) is 1. The van der Waals surface area contributed by atoms with Gasteiger partial charge in [0, 0.05) is 23.3 Å². The van der Waals surface area contributed by atoms with Crippen molar-refractivity contribution in [2.24, 2.45) is 0 Å². The van der Waals surface area contributed by atoms with Gasteiger partial charge in [-0.05, 0) is 37.6 Å². The van der Waals surface area contributed by atoms with E-state index in [0.29, 0.717) is 0 Å². The fourth-order valence-corrected chi connectivity index (χ4v) is 2.50. The van der Waals surface area contributed by atoms with Gasteiger partial charge >= 0.3 is 0 Å². The van der Waals surface area contributed by atoms with Crippen molar-refractivity contribution in [2.75, 3.05) is 7.05 Å². The van der Waals surface area contributed by atoms with Crippen molar-refractivity contribution < 1.29 is 0 Å². The standard InChI is InChI=1S/C15H20ClN3/c1-4-8-19-10-12(9-18-19)15(17-3)13-6-5-7-14(16)11(13)2/h5-7,9-10,15,17H,4,8H2,1-3H3. The third-order valence-corrected chi connectivity index (χ3v) is 3.76. The van der Waals surface area contributed by atoms with E-state index in [2.05, 4.69) is 36.5 Å². The summed E-state index contributed by atoms with van der Waals surface area (Å²) in [6.07, 6.45) is 5.11. The van der Waals surface area contributed by atoms with Crippen molar-refractivity contribution in [2.45, 2.75) is 32.9 Å². The molecule has 1 N–H and O–H groups in total. The normalized spacial score (nSPS) is 12.6. The van der Waals surface area contributed by atoms with Gasteiger partial charge in [-0.2, -0.15) is 5.10 Å². The Bertz CT molecular complexity index is 548. The summed E-state index contributed by atoms with van der Waals surface area (Å²) in [6.45, 7) is 5.15. The monoisotopic (exact) mass is 277 g/mol. The molecule has 1 heterocycles. The van der Waals surface area contributed by atoms with Crippen LogP contribution in [0.25, 0.3) is 0 Å². The van der Waals surface area contributed by atoms with E-state index in [0.717, 1.165) is 23.6 Å². The molecule has 1 aromatic carbocycles. The highest BCUT2D eigenvalue weighted by atomic mass is 35.5. The summed E-state index contributed by atoms with van der Waals surface area (Å²) in [5.41, 5.74) is 3.49. The van der Waals surface area contributed by atoms with Crippen LogP contribution in [0.1, 0.15) is 36.1 Å². The molecule has 0 radical (unpaired) electrons. The molecule has 0 saturated heterocycles. The average Bonchev–Trinajstić information content (AvgIpc) is 2.84. The van der Waals surface area contributed by atoms with Gasteiger partial charge < -0.3 is 5.32 Å². The number of rotatable bonds is 5. The molecule has 19 heavy (non-hydrogen) atoms. The van der Waals surface area contributed by atoms with E-state index >= 15 is 0 Å². The summed E-state index contributed by atoms with van der Waals surface area (Å²) < 4.78 is 1.99. The Kier molecular flexibility index (Phi) is 4.61. The number of nitrogens with zero attached hydrogens (tertiary/aromatic N) is 2. The van der Waals surface area contributed by atoms with Crippen molar-refractivity contribution >= 4 is 11.6 Å². The lowest BCUT2D eigenvalue weighted by Crippen LogP contribution is -2.18. The highest BCUT2D eigenvalue weighted by Crippen LogP contribution is 2.28. The lowest BCUT2D eigenvalue weighted by atomic mass is 9.97. The predicted octanol–water partition coefficient (Wildman–Crippen LogP) is 3.56. The molecule has 0 spiro atoms. The van der Waals surface area contributed by atoms with Crippen molar-refractivity contribution in [3.63, 3.8) is 0 Å². The first-order valence-corrected chi connectivity index (χ1v) is 6.99. The molecule has 0 saturated carbocycles. The Labute approximate surface area is 119 Å². The van der Waals surface area contributed by atoms with Gasteiger partial charge in [-0.1, -0.05) is 30.7 Å². The number of aryl methyl sites for hydroxylation is 1. The Morgan fingerprint density at radius 1 is 1.42 bits per heavy atom. The molecular weight excluding hydrogens is 258 g/mol. The van der Waals surface area contributed by atoms with Crippen molar-refractivity contribution in [1.82, 2.24) is 15.1 Å². The van der Waals surface area contributed by atoms with Crippen LogP contribution in [0.3, 0.4) is 0 Å². The third kappa shape index (κ3) is 2.99. The quantitative estimate of drug-likeness (QED) is 0.906. The van der Waals surface area contributed by atoms with E-state index < -0.39 is 0 Å². The highest BCUT2D eigenvalue weighted by molar-refractivity contribution is 6.31. The van der Waals surface area contributed by atoms with E-state index in [1.54, 1.807) is 0 Å². The van der Waals surface area contributed by atoms with Crippen molar-refractivity contribution in [3.05, 3.63) is 52.3 Å². The molecule has 3 nitrogen and oxygen atoms in total. The second-order valence-corrected chi connectivity index (χ2v) is 5.12. The summed E-state index contributed by atoms with van der Waals surface area (Å²) in [5, 5.41) is 8.55. The smallest absolute Gasteiger partial charge is 0.0608 e. The van der Waals surface area contributed by atoms with E-state index in [9.17, 15) is 0 Å². The number of benzene rings is 1. The van der Waals surface area contributed by atoms with Gasteiger partial charge in [-0.3, -0.25) is 4.68 Å². The number of aromatic nitrogens is 2. The zero-order valence-electron chi connectivity index (χ0n) is 11.7. The molecule has 0 fully saturated rings. The molecule has 0 aliphatic heterocycles. The van der Waals surface area contributed by atoms with Crippen LogP contribution in [0.4, 0.5) is 0 Å². The second-order valence-electron chi connectivity index (χ2n) is 4.71. The van der Waals surface area contributed by atoms with E-state index in [4.69, 9.17) is 11.6 Å². The van der Waals surface area contributed by atoms with E-state index in [-0.39, 0.29) is 6.04 Å². The molecule has 102 valence electrons. The van der Waals surface area contributed by atoms with Gasteiger partial charge in [0.15, 0.2) is 0 Å².